The number of fused-ring (bicyclic) bond motifs is 13. The Labute approximate surface area is 354 Å². The van der Waals surface area contributed by atoms with E-state index < -0.39 is 0 Å². The van der Waals surface area contributed by atoms with Crippen molar-refractivity contribution in [2.24, 2.45) is 0 Å². The Balaban J connectivity index is 1.11. The van der Waals surface area contributed by atoms with E-state index in [1.54, 1.807) is 0 Å². The standard InChI is InChI=1S/C55H33N5S/c1-4-16-34(17-5-1)35-28-30-38(31-29-35)59-45-26-14-12-22-39(45)43-32-44-48(33-47(43)59)61-52-49(44)40-23-10-11-24-41(40)51-50(52)42-25-13-15-27-46(42)60(51)55-57-53(36-18-6-2-7-19-36)56-54(58-55)37-20-8-3-9-21-37/h1-33H. The molecule has 0 aliphatic heterocycles. The number of para-hydroxylation sites is 2. The minimum atomic E-state index is 0.592. The fourth-order valence-electron chi connectivity index (χ4n) is 9.45. The Bertz CT molecular complexity index is 3790. The van der Waals surface area contributed by atoms with Crippen molar-refractivity contribution in [1.82, 2.24) is 24.1 Å². The average Bonchev–Trinajstić information content (AvgIpc) is 3.99. The first kappa shape index (κ1) is 34.0. The highest BCUT2D eigenvalue weighted by Crippen LogP contribution is 2.49. The summed E-state index contributed by atoms with van der Waals surface area (Å²) in [5, 5.41) is 9.78. The molecule has 0 saturated carbocycles. The Morgan fingerprint density at radius 2 is 0.869 bits per heavy atom. The minimum absolute atomic E-state index is 0.592. The lowest BCUT2D eigenvalue weighted by Gasteiger charge is -2.12. The largest absolute Gasteiger partial charge is 0.309 e. The Morgan fingerprint density at radius 1 is 0.344 bits per heavy atom. The first-order valence-electron chi connectivity index (χ1n) is 20.5. The van der Waals surface area contributed by atoms with Gasteiger partial charge in [-0.25, -0.2) is 4.98 Å². The summed E-state index contributed by atoms with van der Waals surface area (Å²) >= 11 is 1.88. The van der Waals surface area contributed by atoms with E-state index in [0.29, 0.717) is 17.6 Å². The number of benzene rings is 9. The summed E-state index contributed by atoms with van der Waals surface area (Å²) in [5.41, 5.74) is 9.99. The monoisotopic (exact) mass is 795 g/mol. The van der Waals surface area contributed by atoms with Crippen LogP contribution in [-0.2, 0) is 0 Å². The minimum Gasteiger partial charge on any atom is -0.309 e. The van der Waals surface area contributed by atoms with E-state index in [4.69, 9.17) is 15.0 Å². The van der Waals surface area contributed by atoms with Crippen molar-refractivity contribution in [2.75, 3.05) is 0 Å². The Morgan fingerprint density at radius 3 is 1.52 bits per heavy atom. The van der Waals surface area contributed by atoms with Crippen LogP contribution in [0.1, 0.15) is 0 Å². The number of aromatic nitrogens is 5. The Kier molecular flexibility index (Phi) is 7.41. The van der Waals surface area contributed by atoms with E-state index in [-0.39, 0.29) is 0 Å². The van der Waals surface area contributed by atoms with E-state index in [1.807, 2.05) is 47.7 Å². The van der Waals surface area contributed by atoms with Crippen molar-refractivity contribution >= 4 is 85.9 Å². The van der Waals surface area contributed by atoms with Crippen molar-refractivity contribution in [3.05, 3.63) is 200 Å². The van der Waals surface area contributed by atoms with Gasteiger partial charge in [0.15, 0.2) is 11.6 Å². The number of rotatable bonds is 5. The zero-order valence-electron chi connectivity index (χ0n) is 32.7. The molecule has 0 spiro atoms. The number of thiophene rings is 1. The van der Waals surface area contributed by atoms with Crippen molar-refractivity contribution in [3.8, 4) is 45.5 Å². The third kappa shape index (κ3) is 5.16. The second kappa shape index (κ2) is 13.3. The quantitative estimate of drug-likeness (QED) is 0.174. The lowest BCUT2D eigenvalue weighted by molar-refractivity contribution is 0.955. The zero-order chi connectivity index (χ0) is 40.0. The first-order valence-corrected chi connectivity index (χ1v) is 21.3. The first-order chi connectivity index (χ1) is 30.3. The summed E-state index contributed by atoms with van der Waals surface area (Å²) < 4.78 is 7.21. The normalized spacial score (nSPS) is 11.9. The topological polar surface area (TPSA) is 48.5 Å². The van der Waals surface area contributed by atoms with E-state index in [2.05, 4.69) is 173 Å². The SMILES string of the molecule is c1ccc(-c2ccc(-n3c4ccccc4c4cc5c(cc43)sc3c5c4ccccc4c4c3c3ccccc3n4-c3nc(-c4ccccc4)nc(-c4ccccc4)n3)cc2)cc1. The van der Waals surface area contributed by atoms with Crippen molar-refractivity contribution < 1.29 is 0 Å². The molecule has 0 atom stereocenters. The molecule has 0 saturated heterocycles. The lowest BCUT2D eigenvalue weighted by atomic mass is 9.99. The zero-order valence-corrected chi connectivity index (χ0v) is 33.5. The number of hydrogen-bond acceptors (Lipinski definition) is 4. The van der Waals surface area contributed by atoms with E-state index in [0.717, 1.165) is 33.2 Å². The van der Waals surface area contributed by atoms with Gasteiger partial charge in [-0.1, -0.05) is 164 Å². The van der Waals surface area contributed by atoms with E-state index >= 15 is 0 Å². The van der Waals surface area contributed by atoms with Gasteiger partial charge in [-0.05, 0) is 52.9 Å². The molecular formula is C55H33N5S. The van der Waals surface area contributed by atoms with Gasteiger partial charge in [0.1, 0.15) is 0 Å². The van der Waals surface area contributed by atoms with Crippen LogP contribution in [0, 0.1) is 0 Å². The predicted molar refractivity (Wildman–Crippen MR) is 255 cm³/mol. The summed E-state index contributed by atoms with van der Waals surface area (Å²) in [5.74, 6) is 1.86. The molecule has 13 aromatic rings. The molecule has 9 aromatic carbocycles. The molecule has 284 valence electrons. The van der Waals surface area contributed by atoms with Crippen LogP contribution in [0.2, 0.25) is 0 Å². The van der Waals surface area contributed by atoms with Gasteiger partial charge in [0, 0.05) is 63.9 Å². The summed E-state index contributed by atoms with van der Waals surface area (Å²) in [7, 11) is 0. The highest BCUT2D eigenvalue weighted by molar-refractivity contribution is 7.27. The van der Waals surface area contributed by atoms with E-state index in [1.165, 1.54) is 69.3 Å². The second-order valence-corrected chi connectivity index (χ2v) is 16.6. The van der Waals surface area contributed by atoms with Gasteiger partial charge in [0.05, 0.1) is 22.1 Å². The molecule has 0 amide bonds. The van der Waals surface area contributed by atoms with Crippen molar-refractivity contribution in [3.63, 3.8) is 0 Å². The Hall–Kier alpha value is -7.93. The highest BCUT2D eigenvalue weighted by Gasteiger charge is 2.25. The van der Waals surface area contributed by atoms with Crippen LogP contribution in [0.15, 0.2) is 200 Å². The van der Waals surface area contributed by atoms with Crippen molar-refractivity contribution in [1.29, 1.82) is 0 Å². The molecule has 0 aliphatic carbocycles. The van der Waals surface area contributed by atoms with Crippen LogP contribution < -0.4 is 0 Å². The second-order valence-electron chi connectivity index (χ2n) is 15.6. The summed E-state index contributed by atoms with van der Waals surface area (Å²) in [6.45, 7) is 0. The maximum Gasteiger partial charge on any atom is 0.238 e. The maximum absolute atomic E-state index is 5.26. The third-order valence-corrected chi connectivity index (χ3v) is 13.3. The molecule has 13 rings (SSSR count). The molecule has 4 aromatic heterocycles. The smallest absolute Gasteiger partial charge is 0.238 e. The fraction of sp³-hybridized carbons (Fsp3) is 0. The van der Waals surface area contributed by atoms with Gasteiger partial charge < -0.3 is 4.57 Å². The fourth-order valence-corrected chi connectivity index (χ4v) is 10.7. The molecule has 5 nitrogen and oxygen atoms in total. The molecule has 0 radical (unpaired) electrons. The molecule has 61 heavy (non-hydrogen) atoms. The highest BCUT2D eigenvalue weighted by atomic mass is 32.1. The lowest BCUT2D eigenvalue weighted by Crippen LogP contribution is -2.06. The van der Waals surface area contributed by atoms with Gasteiger partial charge in [0.2, 0.25) is 5.95 Å². The van der Waals surface area contributed by atoms with Gasteiger partial charge in [-0.2, -0.15) is 9.97 Å². The maximum atomic E-state index is 5.26. The van der Waals surface area contributed by atoms with Crippen LogP contribution in [0.5, 0.6) is 0 Å². The van der Waals surface area contributed by atoms with Gasteiger partial charge in [-0.15, -0.1) is 11.3 Å². The molecule has 0 bridgehead atoms. The van der Waals surface area contributed by atoms with Gasteiger partial charge in [-0.3, -0.25) is 4.57 Å². The third-order valence-electron chi connectivity index (χ3n) is 12.2. The van der Waals surface area contributed by atoms with Crippen molar-refractivity contribution in [2.45, 2.75) is 0 Å². The number of nitrogens with zero attached hydrogens (tertiary/aromatic N) is 5. The molecule has 0 fully saturated rings. The summed E-state index contributed by atoms with van der Waals surface area (Å²) in [4.78, 5) is 15.6. The van der Waals surface area contributed by atoms with Crippen LogP contribution in [0.3, 0.4) is 0 Å². The van der Waals surface area contributed by atoms with Crippen LogP contribution in [0.4, 0.5) is 0 Å². The van der Waals surface area contributed by atoms with Crippen LogP contribution in [-0.4, -0.2) is 24.1 Å². The van der Waals surface area contributed by atoms with Gasteiger partial charge >= 0.3 is 0 Å². The average molecular weight is 796 g/mol. The molecule has 0 unspecified atom stereocenters. The van der Waals surface area contributed by atoms with Crippen LogP contribution >= 0.6 is 11.3 Å². The molecule has 4 heterocycles. The predicted octanol–water partition coefficient (Wildman–Crippen LogP) is 14.6. The molecule has 0 aliphatic rings. The van der Waals surface area contributed by atoms with Crippen LogP contribution in [0.25, 0.3) is 120 Å². The summed E-state index contributed by atoms with van der Waals surface area (Å²) in [6.07, 6.45) is 0. The molecular weight excluding hydrogens is 763 g/mol. The molecule has 0 N–H and O–H groups in total. The number of hydrogen-bond donors (Lipinski definition) is 0. The molecule has 6 heteroatoms. The van der Waals surface area contributed by atoms with Gasteiger partial charge in [0.25, 0.3) is 0 Å². The summed E-state index contributed by atoms with van der Waals surface area (Å²) in [6, 6.07) is 71.2. The van der Waals surface area contributed by atoms with E-state index in [9.17, 15) is 0 Å².